The summed E-state index contributed by atoms with van der Waals surface area (Å²) < 4.78 is 5.78. The molecule has 2 atom stereocenters. The number of benzene rings is 3. The van der Waals surface area contributed by atoms with Gasteiger partial charge in [0.15, 0.2) is 0 Å². The summed E-state index contributed by atoms with van der Waals surface area (Å²) in [7, 11) is 0. The number of aliphatic hydroxyl groups excluding tert-OH is 1. The van der Waals surface area contributed by atoms with E-state index in [-0.39, 0.29) is 12.4 Å². The van der Waals surface area contributed by atoms with Crippen LogP contribution in [0.1, 0.15) is 22.7 Å². The highest BCUT2D eigenvalue weighted by Gasteiger charge is 2.17. The smallest absolute Gasteiger partial charge is 0.119 e. The number of rotatable bonds is 7. The first-order valence-electron chi connectivity index (χ1n) is 8.46. The van der Waals surface area contributed by atoms with Gasteiger partial charge in [0.1, 0.15) is 12.4 Å². The molecule has 26 heavy (non-hydrogen) atoms. The third-order valence-electron chi connectivity index (χ3n) is 4.22. The number of aliphatic hydroxyl groups is 1. The molecule has 0 saturated carbocycles. The monoisotopic (exact) mass is 369 g/mol. The van der Waals surface area contributed by atoms with Crippen LogP contribution in [-0.4, -0.2) is 11.2 Å². The average molecular weight is 370 g/mol. The van der Waals surface area contributed by atoms with E-state index in [1.165, 1.54) is 0 Å². The molecule has 0 unspecified atom stereocenters. The van der Waals surface area contributed by atoms with Gasteiger partial charge in [-0.15, -0.1) is 12.4 Å². The lowest BCUT2D eigenvalue weighted by Gasteiger charge is -2.19. The van der Waals surface area contributed by atoms with Gasteiger partial charge >= 0.3 is 0 Å². The SMILES string of the molecule is Cl.N[C@@H](c1ccc(OCc2ccccc2)cc1)[C@H](O)Cc1ccccc1. The Morgan fingerprint density at radius 2 is 1.31 bits per heavy atom. The molecule has 0 spiro atoms. The van der Waals surface area contributed by atoms with Crippen LogP contribution in [-0.2, 0) is 13.0 Å². The Morgan fingerprint density at radius 3 is 1.88 bits per heavy atom. The molecule has 136 valence electrons. The van der Waals surface area contributed by atoms with Gasteiger partial charge in [-0.3, -0.25) is 0 Å². The quantitative estimate of drug-likeness (QED) is 0.653. The lowest BCUT2D eigenvalue weighted by Crippen LogP contribution is -2.28. The van der Waals surface area contributed by atoms with Gasteiger partial charge in [0.25, 0.3) is 0 Å². The van der Waals surface area contributed by atoms with Crippen LogP contribution in [0.5, 0.6) is 5.75 Å². The van der Waals surface area contributed by atoms with E-state index in [9.17, 15) is 5.11 Å². The molecule has 3 nitrogen and oxygen atoms in total. The van der Waals surface area contributed by atoms with E-state index in [2.05, 4.69) is 0 Å². The maximum atomic E-state index is 10.4. The molecule has 0 aromatic heterocycles. The lowest BCUT2D eigenvalue weighted by atomic mass is 9.97. The summed E-state index contributed by atoms with van der Waals surface area (Å²) in [4.78, 5) is 0. The van der Waals surface area contributed by atoms with Gasteiger partial charge in [0.05, 0.1) is 12.1 Å². The molecule has 3 aromatic carbocycles. The Balaban J connectivity index is 0.00000243. The maximum absolute atomic E-state index is 10.4. The number of hydrogen-bond acceptors (Lipinski definition) is 3. The van der Waals surface area contributed by atoms with Crippen LogP contribution in [0.15, 0.2) is 84.9 Å². The van der Waals surface area contributed by atoms with Gasteiger partial charge < -0.3 is 15.6 Å². The molecule has 0 aliphatic rings. The summed E-state index contributed by atoms with van der Waals surface area (Å²) in [6.45, 7) is 0.531. The molecular formula is C22H24ClNO2. The molecule has 0 aliphatic heterocycles. The van der Waals surface area contributed by atoms with Crippen molar-refractivity contribution >= 4 is 12.4 Å². The second-order valence-electron chi connectivity index (χ2n) is 6.13. The average Bonchev–Trinajstić information content (AvgIpc) is 2.68. The Bertz CT molecular complexity index is 763. The van der Waals surface area contributed by atoms with Gasteiger partial charge in [-0.1, -0.05) is 72.8 Å². The molecule has 0 fully saturated rings. The third kappa shape index (κ3) is 5.60. The van der Waals surface area contributed by atoms with Crippen LogP contribution in [0.25, 0.3) is 0 Å². The first kappa shape index (κ1) is 20.0. The highest BCUT2D eigenvalue weighted by molar-refractivity contribution is 5.85. The third-order valence-corrected chi connectivity index (χ3v) is 4.22. The minimum atomic E-state index is -0.626. The minimum Gasteiger partial charge on any atom is -0.489 e. The standard InChI is InChI=1S/C22H23NO2.ClH/c23-22(21(24)15-17-7-3-1-4-8-17)19-11-13-20(14-12-19)25-16-18-9-5-2-6-10-18;/h1-14,21-22,24H,15-16,23H2;1H/t21-,22+;/m1./s1. The van der Waals surface area contributed by atoms with Gasteiger partial charge in [0.2, 0.25) is 0 Å². The first-order valence-corrected chi connectivity index (χ1v) is 8.46. The molecule has 0 heterocycles. The second-order valence-corrected chi connectivity index (χ2v) is 6.13. The molecule has 3 N–H and O–H groups in total. The highest BCUT2D eigenvalue weighted by Crippen LogP contribution is 2.21. The molecule has 4 heteroatoms. The van der Waals surface area contributed by atoms with E-state index in [0.29, 0.717) is 13.0 Å². The number of hydrogen-bond donors (Lipinski definition) is 2. The zero-order chi connectivity index (χ0) is 17.5. The van der Waals surface area contributed by atoms with Gasteiger partial charge in [-0.05, 0) is 28.8 Å². The zero-order valence-corrected chi connectivity index (χ0v) is 15.3. The molecule has 3 rings (SSSR count). The fourth-order valence-electron chi connectivity index (χ4n) is 2.73. The Labute approximate surface area is 160 Å². The van der Waals surface area contributed by atoms with Gasteiger partial charge in [-0.2, -0.15) is 0 Å². The molecule has 0 amide bonds. The molecule has 0 aliphatic carbocycles. The topological polar surface area (TPSA) is 55.5 Å². The zero-order valence-electron chi connectivity index (χ0n) is 14.5. The fourth-order valence-corrected chi connectivity index (χ4v) is 2.73. The van der Waals surface area contributed by atoms with Crippen LogP contribution in [0.2, 0.25) is 0 Å². The van der Waals surface area contributed by atoms with Crippen molar-refractivity contribution in [1.29, 1.82) is 0 Å². The Kier molecular flexibility index (Phi) is 7.67. The molecule has 0 radical (unpaired) electrons. The van der Waals surface area contributed by atoms with Crippen molar-refractivity contribution in [2.75, 3.05) is 0 Å². The summed E-state index contributed by atoms with van der Waals surface area (Å²) in [5.41, 5.74) is 9.31. The van der Waals surface area contributed by atoms with E-state index in [4.69, 9.17) is 10.5 Å². The minimum absolute atomic E-state index is 0. The van der Waals surface area contributed by atoms with Gasteiger partial charge in [0, 0.05) is 6.42 Å². The molecule has 3 aromatic rings. The van der Waals surface area contributed by atoms with E-state index in [1.54, 1.807) is 0 Å². The summed E-state index contributed by atoms with van der Waals surface area (Å²) in [5.74, 6) is 0.789. The highest BCUT2D eigenvalue weighted by atomic mass is 35.5. The van der Waals surface area contributed by atoms with Crippen LogP contribution < -0.4 is 10.5 Å². The van der Waals surface area contributed by atoms with E-state index in [0.717, 1.165) is 22.4 Å². The van der Waals surface area contributed by atoms with Crippen LogP contribution in [0, 0.1) is 0 Å². The summed E-state index contributed by atoms with van der Waals surface area (Å²) >= 11 is 0. The van der Waals surface area contributed by atoms with E-state index >= 15 is 0 Å². The fraction of sp³-hybridized carbons (Fsp3) is 0.182. The maximum Gasteiger partial charge on any atom is 0.119 e. The van der Waals surface area contributed by atoms with Crippen molar-refractivity contribution < 1.29 is 9.84 Å². The molecule has 0 saturated heterocycles. The van der Waals surface area contributed by atoms with Gasteiger partial charge in [-0.25, -0.2) is 0 Å². The van der Waals surface area contributed by atoms with Crippen molar-refractivity contribution in [1.82, 2.24) is 0 Å². The van der Waals surface area contributed by atoms with Crippen molar-refractivity contribution in [3.8, 4) is 5.75 Å². The second kappa shape index (κ2) is 9.97. The van der Waals surface area contributed by atoms with E-state index < -0.39 is 12.1 Å². The Morgan fingerprint density at radius 1 is 0.769 bits per heavy atom. The number of ether oxygens (including phenoxy) is 1. The summed E-state index contributed by atoms with van der Waals surface area (Å²) in [6, 6.07) is 27.1. The Hall–Kier alpha value is -2.33. The lowest BCUT2D eigenvalue weighted by molar-refractivity contribution is 0.145. The van der Waals surface area contributed by atoms with Crippen molar-refractivity contribution in [3.05, 3.63) is 102 Å². The van der Waals surface area contributed by atoms with Crippen molar-refractivity contribution in [2.45, 2.75) is 25.2 Å². The summed E-state index contributed by atoms with van der Waals surface area (Å²) in [6.07, 6.45) is -0.0904. The van der Waals surface area contributed by atoms with Crippen molar-refractivity contribution in [2.24, 2.45) is 5.73 Å². The van der Waals surface area contributed by atoms with Crippen LogP contribution >= 0.6 is 12.4 Å². The van der Waals surface area contributed by atoms with Crippen LogP contribution in [0.3, 0.4) is 0 Å². The number of halogens is 1. The normalized spacial score (nSPS) is 12.7. The molecule has 0 bridgehead atoms. The summed E-state index contributed by atoms with van der Waals surface area (Å²) in [5, 5.41) is 10.4. The predicted octanol–water partition coefficient (Wildman–Crippen LogP) is 4.29. The van der Waals surface area contributed by atoms with Crippen molar-refractivity contribution in [3.63, 3.8) is 0 Å². The predicted molar refractivity (Wildman–Crippen MR) is 108 cm³/mol. The molecular weight excluding hydrogens is 346 g/mol. The largest absolute Gasteiger partial charge is 0.489 e. The van der Waals surface area contributed by atoms with E-state index in [1.807, 2.05) is 84.9 Å². The first-order chi connectivity index (χ1) is 12.2. The van der Waals surface area contributed by atoms with Crippen LogP contribution in [0.4, 0.5) is 0 Å². The number of nitrogens with two attached hydrogens (primary N) is 1.